The fourth-order valence-corrected chi connectivity index (χ4v) is 1.21. The maximum Gasteiger partial charge on any atom is 0.333 e. The fourth-order valence-electron chi connectivity index (χ4n) is 0.913. The van der Waals surface area contributed by atoms with Crippen molar-refractivity contribution in [3.63, 3.8) is 0 Å². The van der Waals surface area contributed by atoms with Gasteiger partial charge in [-0.2, -0.15) is 8.42 Å². The molecule has 0 amide bonds. The summed E-state index contributed by atoms with van der Waals surface area (Å²) in [5, 5.41) is 7.60. The van der Waals surface area contributed by atoms with Crippen LogP contribution in [0.1, 0.15) is 33.6 Å². The van der Waals surface area contributed by atoms with E-state index in [9.17, 15) is 27.6 Å². The van der Waals surface area contributed by atoms with Crippen molar-refractivity contribution in [3.8, 4) is 0 Å². The molecule has 14 heteroatoms. The predicted octanol–water partition coefficient (Wildman–Crippen LogP) is 4.44. The molecule has 0 aliphatic rings. The maximum atomic E-state index is 10.6. The molecule has 0 atom stereocenters. The molecule has 0 bridgehead atoms. The SMILES string of the molecule is C=C(C)C(=O)OC.C=C(C)C(=O)OCCS(=O)(=O)O.C=C(Cl)Cl.C=CC(=O)O.C=CC(=O)OCCCC. The lowest BCUT2D eigenvalue weighted by Crippen LogP contribution is -2.14. The van der Waals surface area contributed by atoms with E-state index in [4.69, 9.17) is 32.9 Å². The highest BCUT2D eigenvalue weighted by Gasteiger charge is 2.07. The van der Waals surface area contributed by atoms with Gasteiger partial charge in [0.2, 0.25) is 0 Å². The first-order chi connectivity index (χ1) is 16.8. The summed E-state index contributed by atoms with van der Waals surface area (Å²) in [5.41, 5.74) is 0.618. The Morgan fingerprint density at radius 2 is 1.30 bits per heavy atom. The third-order valence-corrected chi connectivity index (χ3v) is 3.22. The highest BCUT2D eigenvalue weighted by atomic mass is 35.5. The lowest BCUT2D eigenvalue weighted by Gasteiger charge is -2.01. The summed E-state index contributed by atoms with van der Waals surface area (Å²) in [5.74, 6) is -2.92. The lowest BCUT2D eigenvalue weighted by atomic mass is 10.4. The van der Waals surface area contributed by atoms with E-state index in [0.717, 1.165) is 18.9 Å². The number of hydrogen-bond acceptors (Lipinski definition) is 9. The van der Waals surface area contributed by atoms with Crippen molar-refractivity contribution in [3.05, 3.63) is 60.7 Å². The van der Waals surface area contributed by atoms with Gasteiger partial charge in [-0.1, -0.05) is 69.4 Å². The molecule has 0 aromatic rings. The number of carboxylic acids is 1. The third-order valence-electron chi connectivity index (χ3n) is 2.54. The number of carbonyl (C=O) groups is 4. The number of carbonyl (C=O) groups excluding carboxylic acids is 3. The van der Waals surface area contributed by atoms with E-state index >= 15 is 0 Å². The Kier molecular flexibility index (Phi) is 34.9. The van der Waals surface area contributed by atoms with Crippen LogP contribution in [-0.2, 0) is 43.5 Å². The first kappa shape index (κ1) is 44.1. The van der Waals surface area contributed by atoms with E-state index in [-0.39, 0.29) is 28.6 Å². The van der Waals surface area contributed by atoms with Crippen molar-refractivity contribution in [2.45, 2.75) is 33.6 Å². The maximum absolute atomic E-state index is 10.6. The zero-order chi connectivity index (χ0) is 30.6. The van der Waals surface area contributed by atoms with E-state index in [0.29, 0.717) is 12.2 Å². The number of hydrogen-bond donors (Lipinski definition) is 2. The minimum atomic E-state index is -4.05. The van der Waals surface area contributed by atoms with Crippen LogP contribution in [0.15, 0.2) is 60.7 Å². The summed E-state index contributed by atoms with van der Waals surface area (Å²) in [4.78, 5) is 40.4. The minimum absolute atomic E-state index is 0.111. The second kappa shape index (κ2) is 29.3. The molecular formula is C23H36Cl2O11S. The fraction of sp³-hybridized carbons (Fsp3) is 0.391. The van der Waals surface area contributed by atoms with E-state index < -0.39 is 27.8 Å². The van der Waals surface area contributed by atoms with Gasteiger partial charge in [0.05, 0.1) is 18.2 Å². The van der Waals surface area contributed by atoms with E-state index in [2.05, 4.69) is 47.1 Å². The van der Waals surface area contributed by atoms with Gasteiger partial charge in [-0.25, -0.2) is 19.2 Å². The van der Waals surface area contributed by atoms with E-state index in [1.165, 1.54) is 20.1 Å². The van der Waals surface area contributed by atoms with Crippen LogP contribution in [0.4, 0.5) is 0 Å². The molecule has 0 aliphatic heterocycles. The van der Waals surface area contributed by atoms with E-state index in [1.54, 1.807) is 6.92 Å². The van der Waals surface area contributed by atoms with Crippen molar-refractivity contribution >= 4 is 57.2 Å². The van der Waals surface area contributed by atoms with Crippen LogP contribution in [0, 0.1) is 0 Å². The summed E-state index contributed by atoms with van der Waals surface area (Å²) in [6.45, 7) is 21.2. The van der Waals surface area contributed by atoms with Gasteiger partial charge in [-0.3, -0.25) is 4.55 Å². The van der Waals surface area contributed by atoms with Crippen molar-refractivity contribution in [2.24, 2.45) is 0 Å². The quantitative estimate of drug-likeness (QED) is 0.121. The molecule has 0 unspecified atom stereocenters. The summed E-state index contributed by atoms with van der Waals surface area (Å²) in [7, 11) is -2.72. The van der Waals surface area contributed by atoms with Gasteiger partial charge in [0.25, 0.3) is 10.1 Å². The van der Waals surface area contributed by atoms with Crippen LogP contribution in [0.3, 0.4) is 0 Å². The monoisotopic (exact) mass is 590 g/mol. The van der Waals surface area contributed by atoms with Crippen molar-refractivity contribution in [1.82, 2.24) is 0 Å². The molecule has 0 radical (unpaired) electrons. The molecule has 0 rings (SSSR count). The predicted molar refractivity (Wildman–Crippen MR) is 144 cm³/mol. The second-order valence-electron chi connectivity index (χ2n) is 6.08. The first-order valence-electron chi connectivity index (χ1n) is 9.98. The van der Waals surface area contributed by atoms with Gasteiger partial charge in [0.1, 0.15) is 12.4 Å². The molecular weight excluding hydrogens is 555 g/mol. The van der Waals surface area contributed by atoms with Gasteiger partial charge in [-0.15, -0.1) is 0 Å². The van der Waals surface area contributed by atoms with Crippen LogP contribution in [0.25, 0.3) is 0 Å². The Bertz CT molecular complexity index is 860. The molecule has 214 valence electrons. The van der Waals surface area contributed by atoms with Crippen LogP contribution in [0.2, 0.25) is 0 Å². The highest BCUT2D eigenvalue weighted by molar-refractivity contribution is 7.85. The topological polar surface area (TPSA) is 171 Å². The van der Waals surface area contributed by atoms with Gasteiger partial charge in [0, 0.05) is 23.3 Å². The number of methoxy groups -OCH3 is 1. The Labute approximate surface area is 228 Å². The molecule has 0 aromatic carbocycles. The van der Waals surface area contributed by atoms with Crippen LogP contribution >= 0.6 is 23.2 Å². The zero-order valence-electron chi connectivity index (χ0n) is 21.5. The van der Waals surface area contributed by atoms with Gasteiger partial charge in [-0.05, 0) is 20.3 Å². The Hall–Kier alpha value is -2.93. The Morgan fingerprint density at radius 1 is 0.892 bits per heavy atom. The Morgan fingerprint density at radius 3 is 1.51 bits per heavy atom. The molecule has 37 heavy (non-hydrogen) atoms. The number of rotatable bonds is 10. The summed E-state index contributed by atoms with van der Waals surface area (Å²) < 4.78 is 41.9. The largest absolute Gasteiger partial charge is 0.478 e. The van der Waals surface area contributed by atoms with Gasteiger partial charge >= 0.3 is 23.9 Å². The standard InChI is InChI=1S/C7H12O2.C6H10O5S.C5H8O2.C3H4O2.C2H2Cl2/c1-3-5-6-9-7(8)4-2;1-5(2)6(7)11-3-4-12(8,9)10;1-4(2)5(6)7-3;1-2-3(4)5;1-2(3)4/h4H,2-3,5-6H2,1H3;1,3-4H2,2H3,(H,8,9,10);1H2,2-3H3;2H,1H2,(H,4,5);1H2. The third kappa shape index (κ3) is 60.0. The zero-order valence-corrected chi connectivity index (χ0v) is 23.8. The summed E-state index contributed by atoms with van der Waals surface area (Å²) in [6.07, 6.45) is 3.99. The van der Waals surface area contributed by atoms with Crippen LogP contribution < -0.4 is 0 Å². The first-order valence-corrected chi connectivity index (χ1v) is 12.3. The Balaban J connectivity index is -0.000000122. The normalized spacial score (nSPS) is 8.62. The molecule has 11 nitrogen and oxygen atoms in total. The molecule has 0 saturated carbocycles. The lowest BCUT2D eigenvalue weighted by molar-refractivity contribution is -0.139. The second-order valence-corrected chi connectivity index (χ2v) is 8.76. The number of aliphatic carboxylic acids is 1. The summed E-state index contributed by atoms with van der Waals surface area (Å²) >= 11 is 9.69. The number of halogens is 2. The average molecular weight is 592 g/mol. The number of unbranched alkanes of at least 4 members (excludes halogenated alkanes) is 1. The molecule has 0 saturated heterocycles. The van der Waals surface area contributed by atoms with Crippen LogP contribution in [-0.4, -0.2) is 68.0 Å². The average Bonchev–Trinajstić information content (AvgIpc) is 2.78. The van der Waals surface area contributed by atoms with Crippen molar-refractivity contribution in [1.29, 1.82) is 0 Å². The molecule has 0 spiro atoms. The molecule has 0 fully saturated rings. The highest BCUT2D eigenvalue weighted by Crippen LogP contribution is 1.98. The number of carboxylic acid groups (broad SMARTS) is 1. The summed E-state index contributed by atoms with van der Waals surface area (Å²) in [6, 6.07) is 0. The van der Waals surface area contributed by atoms with Gasteiger partial charge < -0.3 is 19.3 Å². The minimum Gasteiger partial charge on any atom is -0.478 e. The molecule has 0 aliphatic carbocycles. The molecule has 0 heterocycles. The van der Waals surface area contributed by atoms with Crippen LogP contribution in [0.5, 0.6) is 0 Å². The van der Waals surface area contributed by atoms with Crippen molar-refractivity contribution < 1.29 is 51.5 Å². The van der Waals surface area contributed by atoms with Crippen molar-refractivity contribution in [2.75, 3.05) is 26.1 Å². The van der Waals surface area contributed by atoms with E-state index in [1.807, 2.05) is 6.92 Å². The van der Waals surface area contributed by atoms with Gasteiger partial charge in [0.15, 0.2) is 0 Å². The number of esters is 3. The molecule has 0 aromatic heterocycles. The number of ether oxygens (including phenoxy) is 3. The smallest absolute Gasteiger partial charge is 0.333 e. The molecule has 2 N–H and O–H groups in total.